The molecular weight excluding hydrogens is 484 g/mol. The van der Waals surface area contributed by atoms with Crippen molar-refractivity contribution in [2.45, 2.75) is 33.7 Å². The summed E-state index contributed by atoms with van der Waals surface area (Å²) in [6.45, 7) is 7.99. The number of carbonyl (C=O) groups is 1. The van der Waals surface area contributed by atoms with Gasteiger partial charge in [0.05, 0.1) is 23.5 Å². The standard InChI is InChI=1S/C26H30N2O7S/c1-4-28(5-2)22-9-8-20-16-21(25(29)35-24(20)18-22)17-23(26(30)34-6-3)19-10-13-27(14-11-19)12-7-15-36(31,32)33/h8-11,13-14,16-18H,4-7,12,15H2,1-3H3/p+1. The van der Waals surface area contributed by atoms with Crippen LogP contribution in [0.4, 0.5) is 5.69 Å². The van der Waals surface area contributed by atoms with Crippen LogP contribution < -0.4 is 15.1 Å². The van der Waals surface area contributed by atoms with Crippen molar-refractivity contribution in [3.05, 3.63) is 70.3 Å². The number of aromatic nitrogens is 1. The maximum Gasteiger partial charge on any atom is 0.343 e. The highest BCUT2D eigenvalue weighted by Crippen LogP contribution is 2.24. The summed E-state index contributed by atoms with van der Waals surface area (Å²) in [6, 6.07) is 10.7. The molecule has 3 aromatic rings. The number of esters is 1. The molecule has 9 nitrogen and oxygen atoms in total. The monoisotopic (exact) mass is 515 g/mol. The van der Waals surface area contributed by atoms with Crippen LogP contribution in [0.1, 0.15) is 38.3 Å². The number of fused-ring (bicyclic) bond motifs is 1. The maximum absolute atomic E-state index is 12.8. The van der Waals surface area contributed by atoms with E-state index >= 15 is 0 Å². The Hall–Kier alpha value is -3.50. The summed E-state index contributed by atoms with van der Waals surface area (Å²) in [5.41, 5.74) is 1.78. The van der Waals surface area contributed by atoms with E-state index in [1.165, 1.54) is 6.08 Å². The highest BCUT2D eigenvalue weighted by Gasteiger charge is 2.17. The van der Waals surface area contributed by atoms with E-state index < -0.39 is 21.7 Å². The number of carbonyl (C=O) groups excluding carboxylic acids is 1. The van der Waals surface area contributed by atoms with Gasteiger partial charge in [-0.2, -0.15) is 8.42 Å². The quantitative estimate of drug-likeness (QED) is 0.136. The van der Waals surface area contributed by atoms with Crippen LogP contribution in [-0.2, 0) is 26.2 Å². The van der Waals surface area contributed by atoms with Crippen LogP contribution in [-0.4, -0.2) is 44.4 Å². The Labute approximate surface area is 210 Å². The van der Waals surface area contributed by atoms with E-state index in [1.54, 1.807) is 42.1 Å². The van der Waals surface area contributed by atoms with E-state index in [0.717, 1.165) is 24.2 Å². The molecule has 0 radical (unpaired) electrons. The molecule has 36 heavy (non-hydrogen) atoms. The fourth-order valence-electron chi connectivity index (χ4n) is 3.84. The Morgan fingerprint density at radius 2 is 1.81 bits per heavy atom. The lowest BCUT2D eigenvalue weighted by atomic mass is 10.0. The molecule has 10 heteroatoms. The normalized spacial score (nSPS) is 12.1. The predicted molar refractivity (Wildman–Crippen MR) is 138 cm³/mol. The lowest BCUT2D eigenvalue weighted by molar-refractivity contribution is -0.696. The van der Waals surface area contributed by atoms with Crippen molar-refractivity contribution in [1.29, 1.82) is 0 Å². The van der Waals surface area contributed by atoms with Gasteiger partial charge in [-0.15, -0.1) is 0 Å². The molecular formula is C26H31N2O7S+. The van der Waals surface area contributed by atoms with E-state index in [1.807, 2.05) is 18.2 Å². The zero-order valence-electron chi connectivity index (χ0n) is 20.6. The summed E-state index contributed by atoms with van der Waals surface area (Å²) in [5.74, 6) is -0.929. The molecule has 0 saturated carbocycles. The van der Waals surface area contributed by atoms with Crippen molar-refractivity contribution in [2.24, 2.45) is 0 Å². The van der Waals surface area contributed by atoms with Gasteiger partial charge in [0, 0.05) is 54.3 Å². The van der Waals surface area contributed by atoms with Crippen molar-refractivity contribution in [3.8, 4) is 0 Å². The van der Waals surface area contributed by atoms with E-state index in [4.69, 9.17) is 13.7 Å². The smallest absolute Gasteiger partial charge is 0.343 e. The summed E-state index contributed by atoms with van der Waals surface area (Å²) in [4.78, 5) is 27.7. The van der Waals surface area contributed by atoms with Gasteiger partial charge in [0.2, 0.25) is 0 Å². The number of hydrogen-bond acceptors (Lipinski definition) is 7. The summed E-state index contributed by atoms with van der Waals surface area (Å²) in [7, 11) is -4.02. The molecule has 192 valence electrons. The maximum atomic E-state index is 12.8. The first-order chi connectivity index (χ1) is 17.1. The van der Waals surface area contributed by atoms with Crippen molar-refractivity contribution in [1.82, 2.24) is 0 Å². The van der Waals surface area contributed by atoms with Gasteiger partial charge in [0.1, 0.15) is 12.1 Å². The van der Waals surface area contributed by atoms with Gasteiger partial charge in [-0.05, 0) is 45.0 Å². The molecule has 0 atom stereocenters. The zero-order chi connectivity index (χ0) is 26.3. The second-order valence-corrected chi connectivity index (χ2v) is 9.70. The van der Waals surface area contributed by atoms with Crippen LogP contribution in [0.15, 0.2) is 58.0 Å². The summed E-state index contributed by atoms with van der Waals surface area (Å²) < 4.78 is 43.2. The lowest BCUT2D eigenvalue weighted by Crippen LogP contribution is -2.33. The molecule has 0 bridgehead atoms. The average molecular weight is 516 g/mol. The number of hydrogen-bond donors (Lipinski definition) is 1. The third-order valence-corrected chi connectivity index (χ3v) is 6.50. The van der Waals surface area contributed by atoms with Gasteiger partial charge in [0.25, 0.3) is 10.1 Å². The van der Waals surface area contributed by atoms with Crippen LogP contribution >= 0.6 is 0 Å². The van der Waals surface area contributed by atoms with Crippen molar-refractivity contribution < 1.29 is 31.5 Å². The lowest BCUT2D eigenvalue weighted by Gasteiger charge is -2.20. The minimum absolute atomic E-state index is 0.166. The predicted octanol–water partition coefficient (Wildman–Crippen LogP) is 3.31. The van der Waals surface area contributed by atoms with Gasteiger partial charge in [0.15, 0.2) is 12.4 Å². The van der Waals surface area contributed by atoms with Gasteiger partial charge in [-0.3, -0.25) is 4.55 Å². The van der Waals surface area contributed by atoms with Crippen LogP contribution in [0, 0.1) is 0 Å². The first-order valence-corrected chi connectivity index (χ1v) is 13.4. The minimum atomic E-state index is -4.02. The third kappa shape index (κ3) is 7.02. The molecule has 0 aliphatic heterocycles. The van der Waals surface area contributed by atoms with E-state index in [9.17, 15) is 18.0 Å². The van der Waals surface area contributed by atoms with Crippen molar-refractivity contribution in [2.75, 3.05) is 30.3 Å². The van der Waals surface area contributed by atoms with Gasteiger partial charge < -0.3 is 14.1 Å². The number of ether oxygens (including phenoxy) is 1. The van der Waals surface area contributed by atoms with E-state index in [-0.39, 0.29) is 29.9 Å². The minimum Gasteiger partial charge on any atom is -0.462 e. The first-order valence-electron chi connectivity index (χ1n) is 11.8. The number of benzene rings is 1. The molecule has 0 amide bonds. The molecule has 1 N–H and O–H groups in total. The van der Waals surface area contributed by atoms with E-state index in [2.05, 4.69) is 18.7 Å². The largest absolute Gasteiger partial charge is 0.462 e. The molecule has 0 spiro atoms. The average Bonchev–Trinajstić information content (AvgIpc) is 2.83. The molecule has 2 aromatic heterocycles. The highest BCUT2D eigenvalue weighted by atomic mass is 32.2. The van der Waals surface area contributed by atoms with Crippen LogP contribution in [0.25, 0.3) is 22.6 Å². The topological polar surface area (TPSA) is 118 Å². The Balaban J connectivity index is 1.96. The summed E-state index contributed by atoms with van der Waals surface area (Å²) >= 11 is 0. The number of nitrogens with zero attached hydrogens (tertiary/aromatic N) is 2. The molecule has 0 aliphatic rings. The highest BCUT2D eigenvalue weighted by molar-refractivity contribution is 7.85. The third-order valence-electron chi connectivity index (χ3n) is 5.69. The fraction of sp³-hybridized carbons (Fsp3) is 0.346. The van der Waals surface area contributed by atoms with Crippen LogP contribution in [0.5, 0.6) is 0 Å². The molecule has 1 aromatic carbocycles. The SMILES string of the molecule is CCOC(=O)/C(=C\c1cc2ccc(N(CC)CC)cc2oc1=O)c1cc[n+](CCCS(=O)(=O)O)cc1. The molecule has 3 rings (SSSR count). The number of pyridine rings is 1. The second-order valence-electron chi connectivity index (χ2n) is 8.13. The summed E-state index contributed by atoms with van der Waals surface area (Å²) in [5, 5.41) is 0.727. The Bertz CT molecular complexity index is 1410. The molecule has 0 unspecified atom stereocenters. The number of aryl methyl sites for hydroxylation is 1. The van der Waals surface area contributed by atoms with Crippen LogP contribution in [0.3, 0.4) is 0 Å². The van der Waals surface area contributed by atoms with Crippen LogP contribution in [0.2, 0.25) is 0 Å². The molecule has 0 fully saturated rings. The first kappa shape index (κ1) is 27.1. The molecule has 0 saturated heterocycles. The zero-order valence-corrected chi connectivity index (χ0v) is 21.5. The van der Waals surface area contributed by atoms with E-state index in [0.29, 0.717) is 17.7 Å². The summed E-state index contributed by atoms with van der Waals surface area (Å²) in [6.07, 6.45) is 5.06. The number of anilines is 1. The molecule has 0 aliphatic carbocycles. The van der Waals surface area contributed by atoms with Gasteiger partial charge in [-0.1, -0.05) is 0 Å². The number of rotatable bonds is 11. The van der Waals surface area contributed by atoms with Gasteiger partial charge >= 0.3 is 11.6 Å². The second kappa shape index (κ2) is 12.0. The Morgan fingerprint density at radius 3 is 2.42 bits per heavy atom. The van der Waals surface area contributed by atoms with Crippen molar-refractivity contribution in [3.63, 3.8) is 0 Å². The van der Waals surface area contributed by atoms with Gasteiger partial charge in [-0.25, -0.2) is 14.2 Å². The Morgan fingerprint density at radius 1 is 1.11 bits per heavy atom. The molecule has 2 heterocycles. The fourth-order valence-corrected chi connectivity index (χ4v) is 4.34. The Kier molecular flexibility index (Phi) is 9.00. The van der Waals surface area contributed by atoms with Crippen molar-refractivity contribution >= 4 is 44.4 Å².